The topological polar surface area (TPSA) is 67.5 Å². The third kappa shape index (κ3) is 1.78. The molecule has 2 fully saturated rings. The number of hydrogen-bond donors (Lipinski definition) is 3. The van der Waals surface area contributed by atoms with Gasteiger partial charge in [-0.3, -0.25) is 0 Å². The molecule has 2 unspecified atom stereocenters. The van der Waals surface area contributed by atoms with Gasteiger partial charge in [0.2, 0.25) is 0 Å². The van der Waals surface area contributed by atoms with E-state index in [1.54, 1.807) is 0 Å². The van der Waals surface area contributed by atoms with Gasteiger partial charge >= 0.3 is 0 Å². The zero-order valence-corrected chi connectivity index (χ0v) is 10.2. The number of rotatable bonds is 2. The van der Waals surface area contributed by atoms with E-state index >= 15 is 0 Å². The molecule has 4 heteroatoms. The Labute approximate surface area is 97.5 Å². The smallest absolute Gasteiger partial charge is 0.0767 e. The van der Waals surface area contributed by atoms with Crippen molar-refractivity contribution < 1.29 is 9.84 Å². The van der Waals surface area contributed by atoms with Gasteiger partial charge in [-0.1, -0.05) is 6.92 Å². The number of piperidine rings is 1. The molecule has 94 valence electrons. The predicted molar refractivity (Wildman–Crippen MR) is 63.1 cm³/mol. The molecular weight excluding hydrogens is 204 g/mol. The van der Waals surface area contributed by atoms with Gasteiger partial charge in [0.1, 0.15) is 0 Å². The van der Waals surface area contributed by atoms with Crippen LogP contribution in [0.5, 0.6) is 0 Å². The summed E-state index contributed by atoms with van der Waals surface area (Å²) in [5.74, 6) is 0.267. The highest BCUT2D eigenvalue weighted by atomic mass is 16.5. The van der Waals surface area contributed by atoms with E-state index in [2.05, 4.69) is 12.2 Å². The Morgan fingerprint density at radius 2 is 2.06 bits per heavy atom. The minimum Gasteiger partial charge on any atom is -0.389 e. The molecule has 16 heavy (non-hydrogen) atoms. The predicted octanol–water partition coefficient (Wildman–Crippen LogP) is 0.102. The van der Waals surface area contributed by atoms with Gasteiger partial charge in [0, 0.05) is 31.7 Å². The molecule has 0 spiro atoms. The van der Waals surface area contributed by atoms with Crippen molar-refractivity contribution in [2.75, 3.05) is 32.8 Å². The van der Waals surface area contributed by atoms with Gasteiger partial charge in [-0.25, -0.2) is 0 Å². The van der Waals surface area contributed by atoms with E-state index in [1.807, 2.05) is 0 Å². The summed E-state index contributed by atoms with van der Waals surface area (Å²) in [5, 5.41) is 14.4. The Balaban J connectivity index is 2.23. The summed E-state index contributed by atoms with van der Waals surface area (Å²) in [4.78, 5) is 0. The molecule has 4 nitrogen and oxygen atoms in total. The molecule has 0 aromatic carbocycles. The van der Waals surface area contributed by atoms with E-state index in [-0.39, 0.29) is 11.3 Å². The largest absolute Gasteiger partial charge is 0.389 e. The van der Waals surface area contributed by atoms with Gasteiger partial charge in [0.15, 0.2) is 0 Å². The summed E-state index contributed by atoms with van der Waals surface area (Å²) >= 11 is 0. The van der Waals surface area contributed by atoms with E-state index in [9.17, 15) is 5.11 Å². The second-order valence-electron chi connectivity index (χ2n) is 5.38. The summed E-state index contributed by atoms with van der Waals surface area (Å²) in [7, 11) is 0. The summed E-state index contributed by atoms with van der Waals surface area (Å²) in [5.41, 5.74) is 5.23. The molecule has 0 aliphatic carbocycles. The maximum Gasteiger partial charge on any atom is 0.0767 e. The van der Waals surface area contributed by atoms with Crippen LogP contribution in [0.2, 0.25) is 0 Å². The molecule has 0 amide bonds. The van der Waals surface area contributed by atoms with Crippen LogP contribution in [0.3, 0.4) is 0 Å². The van der Waals surface area contributed by atoms with Gasteiger partial charge in [-0.05, 0) is 31.7 Å². The van der Waals surface area contributed by atoms with Crippen LogP contribution in [0.4, 0.5) is 0 Å². The summed E-state index contributed by atoms with van der Waals surface area (Å²) in [6, 6.07) is 0. The standard InChI is InChI=1S/C12H24N2O2/c1-10-8-14-5-2-12(10,15)11(9-13)3-6-16-7-4-11/h10,14-15H,2-9,13H2,1H3. The van der Waals surface area contributed by atoms with E-state index in [0.717, 1.165) is 45.6 Å². The Morgan fingerprint density at radius 1 is 1.38 bits per heavy atom. The van der Waals surface area contributed by atoms with Gasteiger partial charge in [0.25, 0.3) is 0 Å². The first-order valence-corrected chi connectivity index (χ1v) is 6.35. The first-order chi connectivity index (χ1) is 7.65. The SMILES string of the molecule is CC1CNCCC1(O)C1(CN)CCOCC1. The lowest BCUT2D eigenvalue weighted by molar-refractivity contribution is -0.167. The minimum absolute atomic E-state index is 0.132. The fourth-order valence-corrected chi connectivity index (χ4v) is 3.38. The van der Waals surface area contributed by atoms with Crippen LogP contribution in [-0.2, 0) is 4.74 Å². The summed E-state index contributed by atoms with van der Waals surface area (Å²) in [6.45, 7) is 5.94. The summed E-state index contributed by atoms with van der Waals surface area (Å²) in [6.07, 6.45) is 2.60. The molecule has 0 aromatic rings. The van der Waals surface area contributed by atoms with Crippen molar-refractivity contribution in [3.8, 4) is 0 Å². The number of aliphatic hydroxyl groups is 1. The third-order valence-corrected chi connectivity index (χ3v) is 4.71. The monoisotopic (exact) mass is 228 g/mol. The molecule has 2 rings (SSSR count). The van der Waals surface area contributed by atoms with Gasteiger partial charge in [-0.15, -0.1) is 0 Å². The highest BCUT2D eigenvalue weighted by Gasteiger charge is 2.53. The van der Waals surface area contributed by atoms with Crippen LogP contribution in [0.15, 0.2) is 0 Å². The van der Waals surface area contributed by atoms with Crippen molar-refractivity contribution >= 4 is 0 Å². The minimum atomic E-state index is -0.614. The first kappa shape index (κ1) is 12.3. The second-order valence-corrected chi connectivity index (χ2v) is 5.38. The molecule has 0 aromatic heterocycles. The lowest BCUT2D eigenvalue weighted by atomic mass is 9.59. The Bertz CT molecular complexity index is 236. The number of ether oxygens (including phenoxy) is 1. The average molecular weight is 228 g/mol. The Morgan fingerprint density at radius 3 is 2.62 bits per heavy atom. The van der Waals surface area contributed by atoms with Gasteiger partial charge in [0.05, 0.1) is 5.60 Å². The van der Waals surface area contributed by atoms with Crippen molar-refractivity contribution in [3.05, 3.63) is 0 Å². The molecule has 2 aliphatic heterocycles. The van der Waals surface area contributed by atoms with Gasteiger partial charge in [-0.2, -0.15) is 0 Å². The molecule has 2 atom stereocenters. The van der Waals surface area contributed by atoms with Crippen molar-refractivity contribution in [2.45, 2.75) is 31.8 Å². The number of nitrogens with two attached hydrogens (primary N) is 1. The van der Waals surface area contributed by atoms with E-state index < -0.39 is 5.60 Å². The molecular formula is C12H24N2O2. The molecule has 2 heterocycles. The highest BCUT2D eigenvalue weighted by Crippen LogP contribution is 2.47. The normalized spacial score (nSPS) is 39.6. The van der Waals surface area contributed by atoms with E-state index in [0.29, 0.717) is 6.54 Å². The molecule has 0 saturated carbocycles. The lowest BCUT2D eigenvalue weighted by Crippen LogP contribution is -2.63. The number of nitrogens with one attached hydrogen (secondary N) is 1. The highest BCUT2D eigenvalue weighted by molar-refractivity contribution is 5.05. The van der Waals surface area contributed by atoms with Crippen LogP contribution < -0.4 is 11.1 Å². The summed E-state index contributed by atoms with van der Waals surface area (Å²) < 4.78 is 5.42. The molecule has 4 N–H and O–H groups in total. The van der Waals surface area contributed by atoms with Crippen molar-refractivity contribution in [3.63, 3.8) is 0 Å². The second kappa shape index (κ2) is 4.61. The first-order valence-electron chi connectivity index (χ1n) is 6.35. The van der Waals surface area contributed by atoms with Crippen molar-refractivity contribution in [1.29, 1.82) is 0 Å². The van der Waals surface area contributed by atoms with E-state index in [4.69, 9.17) is 10.5 Å². The van der Waals surface area contributed by atoms with Crippen LogP contribution in [-0.4, -0.2) is 43.6 Å². The van der Waals surface area contributed by atoms with Crippen LogP contribution >= 0.6 is 0 Å². The Hall–Kier alpha value is -0.160. The van der Waals surface area contributed by atoms with Crippen LogP contribution in [0, 0.1) is 11.3 Å². The fraction of sp³-hybridized carbons (Fsp3) is 1.00. The van der Waals surface area contributed by atoms with Crippen molar-refractivity contribution in [2.24, 2.45) is 17.1 Å². The maximum atomic E-state index is 11.0. The van der Waals surface area contributed by atoms with E-state index in [1.165, 1.54) is 0 Å². The Kier molecular flexibility index (Phi) is 3.54. The van der Waals surface area contributed by atoms with Crippen LogP contribution in [0.1, 0.15) is 26.2 Å². The molecule has 0 radical (unpaired) electrons. The van der Waals surface area contributed by atoms with Gasteiger partial charge < -0.3 is 20.9 Å². The van der Waals surface area contributed by atoms with Crippen molar-refractivity contribution in [1.82, 2.24) is 5.32 Å². The fourth-order valence-electron chi connectivity index (χ4n) is 3.38. The zero-order valence-electron chi connectivity index (χ0n) is 10.2. The maximum absolute atomic E-state index is 11.0. The zero-order chi connectivity index (χ0) is 11.6. The number of hydrogen-bond acceptors (Lipinski definition) is 4. The quantitative estimate of drug-likeness (QED) is 0.627. The van der Waals surface area contributed by atoms with Crippen LogP contribution in [0.25, 0.3) is 0 Å². The average Bonchev–Trinajstić information content (AvgIpc) is 2.34. The third-order valence-electron chi connectivity index (χ3n) is 4.71. The molecule has 2 saturated heterocycles. The lowest BCUT2D eigenvalue weighted by Gasteiger charge is -2.54. The molecule has 0 bridgehead atoms. The molecule has 2 aliphatic rings.